The Morgan fingerprint density at radius 2 is 2.00 bits per heavy atom. The summed E-state index contributed by atoms with van der Waals surface area (Å²) in [6.07, 6.45) is 3.86. The number of fused-ring (bicyclic) bond motifs is 1. The monoisotopic (exact) mass is 371 g/mol. The van der Waals surface area contributed by atoms with Gasteiger partial charge in [-0.05, 0) is 36.9 Å². The molecule has 0 N–H and O–H groups in total. The molecule has 7 heteroatoms. The number of halogens is 2. The Balaban J connectivity index is 1.76. The Morgan fingerprint density at radius 1 is 1.19 bits per heavy atom. The van der Waals surface area contributed by atoms with Gasteiger partial charge in [0, 0.05) is 31.0 Å². The molecular formula is C20H19F2N3O2. The highest BCUT2D eigenvalue weighted by atomic mass is 19.3. The second-order valence-electron chi connectivity index (χ2n) is 6.17. The third-order valence-corrected chi connectivity index (χ3v) is 4.21. The van der Waals surface area contributed by atoms with Crippen molar-refractivity contribution in [1.29, 1.82) is 5.26 Å². The van der Waals surface area contributed by atoms with E-state index < -0.39 is 6.61 Å². The van der Waals surface area contributed by atoms with Crippen LogP contribution < -0.4 is 9.47 Å². The lowest BCUT2D eigenvalue weighted by atomic mass is 10.1. The van der Waals surface area contributed by atoms with Gasteiger partial charge in [-0.15, -0.1) is 0 Å². The lowest BCUT2D eigenvalue weighted by Crippen LogP contribution is -2.17. The van der Waals surface area contributed by atoms with Crippen LogP contribution in [0.5, 0.6) is 11.5 Å². The molecule has 0 atom stereocenters. The van der Waals surface area contributed by atoms with Crippen molar-refractivity contribution < 1.29 is 18.3 Å². The maximum atomic E-state index is 12.4. The highest BCUT2D eigenvalue weighted by Gasteiger charge is 2.14. The molecule has 140 valence electrons. The van der Waals surface area contributed by atoms with Crippen LogP contribution in [0.4, 0.5) is 8.78 Å². The van der Waals surface area contributed by atoms with Crippen LogP contribution in [0.1, 0.15) is 16.7 Å². The number of hydrogen-bond donors (Lipinski definition) is 0. The number of methoxy groups -OCH3 is 1. The molecule has 0 fully saturated rings. The molecule has 2 heterocycles. The third kappa shape index (κ3) is 4.18. The number of ether oxygens (including phenoxy) is 2. The molecule has 3 rings (SSSR count). The fourth-order valence-electron chi connectivity index (χ4n) is 3.09. The molecule has 0 unspecified atom stereocenters. The highest BCUT2D eigenvalue weighted by molar-refractivity contribution is 5.65. The Labute approximate surface area is 156 Å². The summed E-state index contributed by atoms with van der Waals surface area (Å²) in [5.41, 5.74) is 3.34. The number of benzene rings is 1. The van der Waals surface area contributed by atoms with Crippen molar-refractivity contribution in [3.05, 3.63) is 65.5 Å². The standard InChI is InChI=1S/C20H19F2N3O2/c1-24(11-14-6-7-18(27-20(21)22)19(9-14)26-2)12-15-13-25-8-4-3-5-17(25)16(15)10-23/h3-9,13,20H,11-12H2,1-2H3. The van der Waals surface area contributed by atoms with E-state index in [0.717, 1.165) is 16.6 Å². The molecule has 0 aliphatic heterocycles. The van der Waals surface area contributed by atoms with Gasteiger partial charge in [0.25, 0.3) is 0 Å². The Kier molecular flexibility index (Phi) is 5.57. The Bertz CT molecular complexity index is 979. The summed E-state index contributed by atoms with van der Waals surface area (Å²) in [6.45, 7) is -1.77. The highest BCUT2D eigenvalue weighted by Crippen LogP contribution is 2.30. The lowest BCUT2D eigenvalue weighted by molar-refractivity contribution is -0.0512. The minimum Gasteiger partial charge on any atom is -0.493 e. The molecule has 0 bridgehead atoms. The lowest BCUT2D eigenvalue weighted by Gasteiger charge is -2.17. The molecule has 0 amide bonds. The van der Waals surface area contributed by atoms with E-state index in [1.807, 2.05) is 46.9 Å². The predicted molar refractivity (Wildman–Crippen MR) is 96.9 cm³/mol. The maximum Gasteiger partial charge on any atom is 0.387 e. The molecule has 0 spiro atoms. The van der Waals surface area contributed by atoms with Gasteiger partial charge < -0.3 is 13.9 Å². The van der Waals surface area contributed by atoms with E-state index in [1.165, 1.54) is 13.2 Å². The Morgan fingerprint density at radius 3 is 2.70 bits per heavy atom. The van der Waals surface area contributed by atoms with Crippen molar-refractivity contribution in [3.63, 3.8) is 0 Å². The van der Waals surface area contributed by atoms with E-state index in [2.05, 4.69) is 10.8 Å². The third-order valence-electron chi connectivity index (χ3n) is 4.21. The zero-order valence-electron chi connectivity index (χ0n) is 15.0. The van der Waals surface area contributed by atoms with Crippen LogP contribution in [-0.4, -0.2) is 30.1 Å². The van der Waals surface area contributed by atoms with Gasteiger partial charge in [-0.3, -0.25) is 4.90 Å². The molecule has 0 saturated carbocycles. The van der Waals surface area contributed by atoms with E-state index in [9.17, 15) is 14.0 Å². The van der Waals surface area contributed by atoms with Crippen LogP contribution in [0.3, 0.4) is 0 Å². The number of alkyl halides is 2. The van der Waals surface area contributed by atoms with Gasteiger partial charge >= 0.3 is 6.61 Å². The molecule has 0 aliphatic carbocycles. The number of rotatable bonds is 7. The first kappa shape index (κ1) is 18.7. The number of nitriles is 1. The molecular weight excluding hydrogens is 352 g/mol. The van der Waals surface area contributed by atoms with Gasteiger partial charge in [0.15, 0.2) is 11.5 Å². The first-order chi connectivity index (χ1) is 13.0. The van der Waals surface area contributed by atoms with Crippen molar-refractivity contribution in [2.75, 3.05) is 14.2 Å². The van der Waals surface area contributed by atoms with E-state index in [-0.39, 0.29) is 11.5 Å². The minimum atomic E-state index is -2.90. The summed E-state index contributed by atoms with van der Waals surface area (Å²) >= 11 is 0. The van der Waals surface area contributed by atoms with E-state index in [1.54, 1.807) is 12.1 Å². The minimum absolute atomic E-state index is 0.00403. The summed E-state index contributed by atoms with van der Waals surface area (Å²) in [4.78, 5) is 2.04. The second-order valence-corrected chi connectivity index (χ2v) is 6.17. The molecule has 1 aromatic carbocycles. The molecule has 0 radical (unpaired) electrons. The van der Waals surface area contributed by atoms with Crippen LogP contribution in [-0.2, 0) is 13.1 Å². The molecule has 5 nitrogen and oxygen atoms in total. The summed E-state index contributed by atoms with van der Waals surface area (Å²) in [5, 5.41) is 9.51. The van der Waals surface area contributed by atoms with E-state index >= 15 is 0 Å². The summed E-state index contributed by atoms with van der Waals surface area (Å²) in [7, 11) is 3.34. The van der Waals surface area contributed by atoms with Crippen molar-refractivity contribution in [1.82, 2.24) is 9.30 Å². The first-order valence-electron chi connectivity index (χ1n) is 8.30. The predicted octanol–water partition coefficient (Wildman–Crippen LogP) is 4.05. The summed E-state index contributed by atoms with van der Waals surface area (Å²) in [5.74, 6) is 0.262. The molecule has 3 aromatic rings. The van der Waals surface area contributed by atoms with Crippen LogP contribution in [0.25, 0.3) is 5.52 Å². The number of hydrogen-bond acceptors (Lipinski definition) is 4. The molecule has 0 aliphatic rings. The first-order valence-corrected chi connectivity index (χ1v) is 8.30. The van der Waals surface area contributed by atoms with Crippen molar-refractivity contribution in [2.45, 2.75) is 19.7 Å². The average Bonchev–Trinajstić information content (AvgIpc) is 2.99. The van der Waals surface area contributed by atoms with Crippen LogP contribution in [0.15, 0.2) is 48.8 Å². The normalized spacial score (nSPS) is 11.1. The van der Waals surface area contributed by atoms with Crippen LogP contribution in [0.2, 0.25) is 0 Å². The van der Waals surface area contributed by atoms with Crippen LogP contribution >= 0.6 is 0 Å². The number of aromatic nitrogens is 1. The Hall–Kier alpha value is -3.11. The van der Waals surface area contributed by atoms with E-state index in [4.69, 9.17) is 4.74 Å². The van der Waals surface area contributed by atoms with Crippen molar-refractivity contribution in [2.24, 2.45) is 0 Å². The fraction of sp³-hybridized carbons (Fsp3) is 0.250. The van der Waals surface area contributed by atoms with Gasteiger partial charge in [0.05, 0.1) is 18.2 Å². The van der Waals surface area contributed by atoms with Gasteiger partial charge in [-0.1, -0.05) is 12.1 Å². The zero-order valence-corrected chi connectivity index (χ0v) is 15.0. The number of pyridine rings is 1. The molecule has 27 heavy (non-hydrogen) atoms. The fourth-order valence-corrected chi connectivity index (χ4v) is 3.09. The zero-order chi connectivity index (χ0) is 19.4. The second kappa shape index (κ2) is 8.06. The number of nitrogens with zero attached hydrogens (tertiary/aromatic N) is 3. The summed E-state index contributed by atoms with van der Waals surface area (Å²) < 4.78 is 36.4. The van der Waals surface area contributed by atoms with Gasteiger partial charge in [0.1, 0.15) is 6.07 Å². The van der Waals surface area contributed by atoms with Gasteiger partial charge in [0.2, 0.25) is 0 Å². The van der Waals surface area contributed by atoms with Gasteiger partial charge in [-0.2, -0.15) is 14.0 Å². The van der Waals surface area contributed by atoms with Crippen molar-refractivity contribution >= 4 is 5.52 Å². The quantitative estimate of drug-likeness (QED) is 0.629. The van der Waals surface area contributed by atoms with Crippen molar-refractivity contribution in [3.8, 4) is 17.6 Å². The van der Waals surface area contributed by atoms with Gasteiger partial charge in [-0.25, -0.2) is 0 Å². The largest absolute Gasteiger partial charge is 0.493 e. The maximum absolute atomic E-state index is 12.4. The molecule has 0 saturated heterocycles. The molecule has 2 aromatic heterocycles. The summed E-state index contributed by atoms with van der Waals surface area (Å²) in [6, 6.07) is 12.9. The van der Waals surface area contributed by atoms with Crippen LogP contribution in [0, 0.1) is 11.3 Å². The topological polar surface area (TPSA) is 49.9 Å². The SMILES string of the molecule is COc1cc(CN(C)Cc2cn3ccccc3c2C#N)ccc1OC(F)F. The average molecular weight is 371 g/mol. The van der Waals surface area contributed by atoms with E-state index in [0.29, 0.717) is 18.7 Å². The smallest absolute Gasteiger partial charge is 0.387 e.